The zero-order valence-corrected chi connectivity index (χ0v) is 15.4. The molecular weight excluding hydrogens is 364 g/mol. The van der Waals surface area contributed by atoms with Crippen molar-refractivity contribution in [3.05, 3.63) is 83.4 Å². The number of carbonyl (C=O) groups excluding carboxylic acids is 2. The Hall–Kier alpha value is -3.12. The molecule has 0 aliphatic rings. The predicted octanol–water partition coefficient (Wildman–Crippen LogP) is 2.88. The Morgan fingerprint density at radius 3 is 2.78 bits per heavy atom. The highest BCUT2D eigenvalue weighted by atomic mass is 35.5. The van der Waals surface area contributed by atoms with E-state index in [4.69, 9.17) is 11.6 Å². The number of rotatable bonds is 7. The van der Waals surface area contributed by atoms with Gasteiger partial charge in [-0.15, -0.1) is 6.58 Å². The molecule has 0 atom stereocenters. The number of hydrogen-bond acceptors (Lipinski definition) is 3. The fraction of sp³-hybridized carbons (Fsp3) is 0.150. The van der Waals surface area contributed by atoms with Gasteiger partial charge in [-0.2, -0.15) is 0 Å². The lowest BCUT2D eigenvalue weighted by molar-refractivity contribution is 0.0943. The van der Waals surface area contributed by atoms with Gasteiger partial charge in [0.1, 0.15) is 0 Å². The summed E-state index contributed by atoms with van der Waals surface area (Å²) >= 11 is 5.97. The zero-order valence-electron chi connectivity index (χ0n) is 14.6. The fourth-order valence-electron chi connectivity index (χ4n) is 2.71. The third-order valence-electron chi connectivity index (χ3n) is 3.96. The van der Waals surface area contributed by atoms with Crippen LogP contribution in [0.5, 0.6) is 0 Å². The Morgan fingerprint density at radius 1 is 1.15 bits per heavy atom. The standard InChI is InChI=1S/C20H19ClN4O2/c1-2-10-22-19(26)17-16-8-3-4-12-25(16)18(24-17)20(27)23-11-9-14-6-5-7-15(21)13-14/h2-8,12-13H,1,9-11H2,(H,22,26)(H,23,27). The molecule has 0 saturated carbocycles. The predicted molar refractivity (Wildman–Crippen MR) is 105 cm³/mol. The van der Waals surface area contributed by atoms with Crippen LogP contribution in [0, 0.1) is 0 Å². The molecule has 0 spiro atoms. The molecule has 0 saturated heterocycles. The normalized spacial score (nSPS) is 10.6. The van der Waals surface area contributed by atoms with Gasteiger partial charge in [0, 0.05) is 24.3 Å². The van der Waals surface area contributed by atoms with Crippen LogP contribution in [0.4, 0.5) is 0 Å². The van der Waals surface area contributed by atoms with Gasteiger partial charge in [-0.1, -0.05) is 35.9 Å². The molecule has 2 aromatic heterocycles. The van der Waals surface area contributed by atoms with Crippen LogP contribution < -0.4 is 10.6 Å². The molecule has 0 aliphatic carbocycles. The van der Waals surface area contributed by atoms with Crippen LogP contribution >= 0.6 is 11.6 Å². The minimum Gasteiger partial charge on any atom is -0.349 e. The van der Waals surface area contributed by atoms with Crippen molar-refractivity contribution < 1.29 is 9.59 Å². The molecule has 2 heterocycles. The third kappa shape index (κ3) is 4.35. The average molecular weight is 383 g/mol. The fourth-order valence-corrected chi connectivity index (χ4v) is 2.92. The Kier molecular flexibility index (Phi) is 5.88. The number of nitrogens with one attached hydrogen (secondary N) is 2. The van der Waals surface area contributed by atoms with Gasteiger partial charge in [-0.05, 0) is 36.2 Å². The van der Waals surface area contributed by atoms with E-state index in [2.05, 4.69) is 22.2 Å². The molecule has 0 fully saturated rings. The highest BCUT2D eigenvalue weighted by Crippen LogP contribution is 2.14. The maximum Gasteiger partial charge on any atom is 0.287 e. The molecule has 7 heteroatoms. The Balaban J connectivity index is 1.76. The SMILES string of the molecule is C=CCNC(=O)c1nc(C(=O)NCCc2cccc(Cl)c2)n2ccccc12. The van der Waals surface area contributed by atoms with E-state index < -0.39 is 0 Å². The van der Waals surface area contributed by atoms with E-state index in [1.54, 1.807) is 40.9 Å². The number of aromatic nitrogens is 2. The quantitative estimate of drug-likeness (QED) is 0.617. The highest BCUT2D eigenvalue weighted by molar-refractivity contribution is 6.30. The van der Waals surface area contributed by atoms with Crippen molar-refractivity contribution in [2.75, 3.05) is 13.1 Å². The summed E-state index contributed by atoms with van der Waals surface area (Å²) in [4.78, 5) is 29.2. The van der Waals surface area contributed by atoms with Crippen molar-refractivity contribution in [2.24, 2.45) is 0 Å². The van der Waals surface area contributed by atoms with Gasteiger partial charge in [0.05, 0.1) is 5.52 Å². The van der Waals surface area contributed by atoms with E-state index >= 15 is 0 Å². The van der Waals surface area contributed by atoms with Crippen LogP contribution in [-0.2, 0) is 6.42 Å². The summed E-state index contributed by atoms with van der Waals surface area (Å²) in [7, 11) is 0. The summed E-state index contributed by atoms with van der Waals surface area (Å²) < 4.78 is 1.61. The number of amides is 2. The number of imidazole rings is 1. The number of hydrogen-bond donors (Lipinski definition) is 2. The highest BCUT2D eigenvalue weighted by Gasteiger charge is 2.20. The minimum atomic E-state index is -0.350. The molecular formula is C20H19ClN4O2. The lowest BCUT2D eigenvalue weighted by Crippen LogP contribution is -2.28. The van der Waals surface area contributed by atoms with Gasteiger partial charge in [0.2, 0.25) is 5.82 Å². The Bertz CT molecular complexity index is 997. The van der Waals surface area contributed by atoms with Crippen LogP contribution in [-0.4, -0.2) is 34.3 Å². The molecule has 2 amide bonds. The van der Waals surface area contributed by atoms with E-state index in [0.29, 0.717) is 30.0 Å². The molecule has 3 aromatic rings. The van der Waals surface area contributed by atoms with Crippen LogP contribution in [0.3, 0.4) is 0 Å². The minimum absolute atomic E-state index is 0.167. The second-order valence-corrected chi connectivity index (χ2v) is 6.31. The molecule has 3 rings (SSSR count). The van der Waals surface area contributed by atoms with E-state index in [1.165, 1.54) is 0 Å². The van der Waals surface area contributed by atoms with Gasteiger partial charge >= 0.3 is 0 Å². The van der Waals surface area contributed by atoms with Crippen molar-refractivity contribution >= 4 is 28.9 Å². The van der Waals surface area contributed by atoms with E-state index in [1.807, 2.05) is 18.2 Å². The second-order valence-electron chi connectivity index (χ2n) is 5.87. The van der Waals surface area contributed by atoms with E-state index in [9.17, 15) is 9.59 Å². The largest absolute Gasteiger partial charge is 0.349 e. The average Bonchev–Trinajstić information content (AvgIpc) is 3.06. The monoisotopic (exact) mass is 382 g/mol. The summed E-state index contributed by atoms with van der Waals surface area (Å²) in [5, 5.41) is 6.19. The topological polar surface area (TPSA) is 75.5 Å². The number of benzene rings is 1. The first-order valence-corrected chi connectivity index (χ1v) is 8.87. The lowest BCUT2D eigenvalue weighted by atomic mass is 10.1. The summed E-state index contributed by atoms with van der Waals surface area (Å²) in [6, 6.07) is 12.8. The lowest BCUT2D eigenvalue weighted by Gasteiger charge is -2.05. The summed E-state index contributed by atoms with van der Waals surface area (Å²) in [6.07, 6.45) is 3.93. The summed E-state index contributed by atoms with van der Waals surface area (Å²) in [5.41, 5.74) is 1.80. The molecule has 0 unspecified atom stereocenters. The smallest absolute Gasteiger partial charge is 0.287 e. The maximum absolute atomic E-state index is 12.6. The van der Waals surface area contributed by atoms with Gasteiger partial charge in [0.25, 0.3) is 11.8 Å². The third-order valence-corrected chi connectivity index (χ3v) is 4.20. The van der Waals surface area contributed by atoms with Crippen LogP contribution in [0.25, 0.3) is 5.52 Å². The van der Waals surface area contributed by atoms with E-state index in [-0.39, 0.29) is 23.3 Å². The van der Waals surface area contributed by atoms with Crippen molar-refractivity contribution in [3.8, 4) is 0 Å². The number of carbonyl (C=O) groups is 2. The maximum atomic E-state index is 12.6. The molecule has 2 N–H and O–H groups in total. The van der Waals surface area contributed by atoms with Gasteiger partial charge in [0.15, 0.2) is 5.69 Å². The van der Waals surface area contributed by atoms with Crippen LogP contribution in [0.15, 0.2) is 61.3 Å². The van der Waals surface area contributed by atoms with Crippen molar-refractivity contribution in [1.82, 2.24) is 20.0 Å². The van der Waals surface area contributed by atoms with Crippen molar-refractivity contribution in [1.29, 1.82) is 0 Å². The molecule has 0 aliphatic heterocycles. The van der Waals surface area contributed by atoms with Crippen LogP contribution in [0.1, 0.15) is 26.7 Å². The molecule has 0 bridgehead atoms. The first kappa shape index (κ1) is 18.7. The number of pyridine rings is 1. The Morgan fingerprint density at radius 2 is 2.00 bits per heavy atom. The number of nitrogens with zero attached hydrogens (tertiary/aromatic N) is 2. The first-order chi connectivity index (χ1) is 13.1. The number of fused-ring (bicyclic) bond motifs is 1. The first-order valence-electron chi connectivity index (χ1n) is 8.49. The van der Waals surface area contributed by atoms with Crippen molar-refractivity contribution in [2.45, 2.75) is 6.42 Å². The summed E-state index contributed by atoms with van der Waals surface area (Å²) in [6.45, 7) is 4.33. The van der Waals surface area contributed by atoms with Crippen molar-refractivity contribution in [3.63, 3.8) is 0 Å². The van der Waals surface area contributed by atoms with Crippen LogP contribution in [0.2, 0.25) is 5.02 Å². The van der Waals surface area contributed by atoms with Gasteiger partial charge in [-0.3, -0.25) is 14.0 Å². The second kappa shape index (κ2) is 8.51. The molecule has 0 radical (unpaired) electrons. The molecule has 138 valence electrons. The molecule has 27 heavy (non-hydrogen) atoms. The number of halogens is 1. The summed E-state index contributed by atoms with van der Waals surface area (Å²) in [5.74, 6) is -0.530. The molecule has 1 aromatic carbocycles. The van der Waals surface area contributed by atoms with Gasteiger partial charge < -0.3 is 10.6 Å². The zero-order chi connectivity index (χ0) is 19.2. The van der Waals surface area contributed by atoms with Gasteiger partial charge in [-0.25, -0.2) is 4.98 Å². The van der Waals surface area contributed by atoms with E-state index in [0.717, 1.165) is 5.56 Å². The molecule has 6 nitrogen and oxygen atoms in total. The Labute approximate surface area is 161 Å².